The lowest BCUT2D eigenvalue weighted by Crippen LogP contribution is -2.42. The van der Waals surface area contributed by atoms with Crippen LogP contribution in [0.2, 0.25) is 0 Å². The summed E-state index contributed by atoms with van der Waals surface area (Å²) >= 11 is 0. The molecule has 2 aliphatic heterocycles. The predicted molar refractivity (Wildman–Crippen MR) is 227 cm³/mol. The Morgan fingerprint density at radius 2 is 1.23 bits per heavy atom. The van der Waals surface area contributed by atoms with Crippen LogP contribution in [0.5, 0.6) is 0 Å². The van der Waals surface area contributed by atoms with E-state index in [1.807, 2.05) is 66.7 Å². The van der Waals surface area contributed by atoms with Crippen LogP contribution in [0.25, 0.3) is 45.1 Å². The van der Waals surface area contributed by atoms with Gasteiger partial charge in [-0.3, -0.25) is 9.59 Å². The lowest BCUT2D eigenvalue weighted by atomic mass is 10.1. The zero-order chi connectivity index (χ0) is 42.7. The summed E-state index contributed by atoms with van der Waals surface area (Å²) in [6.07, 6.45) is 4.50. The average Bonchev–Trinajstić information content (AvgIpc) is 4.16. The van der Waals surface area contributed by atoms with Crippen molar-refractivity contribution in [1.29, 1.82) is 0 Å². The van der Waals surface area contributed by atoms with Gasteiger partial charge in [-0.2, -0.15) is 0 Å². The molecule has 4 amide bonds. The monoisotopic (exact) mass is 833 g/mol. The van der Waals surface area contributed by atoms with Gasteiger partial charge in [-0.25, -0.2) is 24.5 Å². The van der Waals surface area contributed by atoms with Crippen LogP contribution in [-0.4, -0.2) is 84.0 Å². The fourth-order valence-corrected chi connectivity index (χ4v) is 8.44. The van der Waals surface area contributed by atoms with Crippen LogP contribution in [-0.2, 0) is 14.3 Å². The molecule has 5 N–H and O–H groups in total. The molecule has 4 aromatic carbocycles. The Morgan fingerprint density at radius 1 is 0.710 bits per heavy atom. The van der Waals surface area contributed by atoms with Crippen molar-refractivity contribution in [1.82, 2.24) is 45.4 Å². The SMILES string of the molecule is COC(=O)N[C@@H](C(=O)N1CCC[C@H]1c1ncc(-c2ccc3oc(-c4ccc(-c5cnc([C@@H]6CCCN6C(=O)[C@H](NC(=O)O)c6ccccc6)[nH]5)cc4)nc3c2)[nH]1)c1ccccc1. The Labute approximate surface area is 355 Å². The smallest absolute Gasteiger partial charge is 0.407 e. The molecule has 5 heterocycles. The average molecular weight is 834 g/mol. The molecule has 0 unspecified atom stereocenters. The molecule has 0 radical (unpaired) electrons. The minimum Gasteiger partial charge on any atom is -0.465 e. The number of hydrogen-bond donors (Lipinski definition) is 5. The highest BCUT2D eigenvalue weighted by atomic mass is 16.5. The first kappa shape index (κ1) is 39.7. The van der Waals surface area contributed by atoms with E-state index in [0.717, 1.165) is 40.9 Å². The van der Waals surface area contributed by atoms with Gasteiger partial charge in [0.15, 0.2) is 5.58 Å². The van der Waals surface area contributed by atoms with E-state index in [1.165, 1.54) is 7.11 Å². The van der Waals surface area contributed by atoms with E-state index in [1.54, 1.807) is 58.6 Å². The maximum atomic E-state index is 13.9. The number of aromatic amines is 2. The lowest BCUT2D eigenvalue weighted by molar-refractivity contribution is -0.135. The van der Waals surface area contributed by atoms with Crippen LogP contribution < -0.4 is 10.6 Å². The first-order valence-corrected chi connectivity index (χ1v) is 20.4. The minimum atomic E-state index is -1.27. The van der Waals surface area contributed by atoms with Crippen LogP contribution in [0, 0.1) is 0 Å². The first-order chi connectivity index (χ1) is 30.2. The number of ether oxygens (including phenoxy) is 1. The van der Waals surface area contributed by atoms with Crippen molar-refractivity contribution in [3.63, 3.8) is 0 Å². The second-order valence-electron chi connectivity index (χ2n) is 15.3. The van der Waals surface area contributed by atoms with Crippen LogP contribution in [0.4, 0.5) is 9.59 Å². The number of nitrogens with zero attached hydrogens (tertiary/aromatic N) is 5. The van der Waals surface area contributed by atoms with E-state index < -0.39 is 24.3 Å². The number of aromatic nitrogens is 5. The summed E-state index contributed by atoms with van der Waals surface area (Å²) in [5, 5.41) is 14.6. The number of carboxylic acid groups (broad SMARTS) is 1. The van der Waals surface area contributed by atoms with Gasteiger partial charge in [0.25, 0.3) is 11.8 Å². The van der Waals surface area contributed by atoms with E-state index in [0.29, 0.717) is 65.7 Å². The third-order valence-corrected chi connectivity index (χ3v) is 11.5. The quantitative estimate of drug-likeness (QED) is 0.0857. The number of carbonyl (C=O) groups excluding carboxylic acids is 3. The molecule has 16 nitrogen and oxygen atoms in total. The molecule has 7 aromatic rings. The van der Waals surface area contributed by atoms with Gasteiger partial charge in [0.2, 0.25) is 5.89 Å². The summed E-state index contributed by atoms with van der Waals surface area (Å²) in [5.74, 6) is 1.18. The molecule has 0 aliphatic carbocycles. The minimum absolute atomic E-state index is 0.240. The summed E-state index contributed by atoms with van der Waals surface area (Å²) in [6.45, 7) is 1.01. The van der Waals surface area contributed by atoms with Gasteiger partial charge in [0.1, 0.15) is 29.2 Å². The number of benzene rings is 4. The molecule has 4 atom stereocenters. The number of fused-ring (bicyclic) bond motifs is 1. The Balaban J connectivity index is 0.885. The maximum Gasteiger partial charge on any atom is 0.407 e. The van der Waals surface area contributed by atoms with Crippen molar-refractivity contribution in [2.45, 2.75) is 49.9 Å². The molecule has 0 spiro atoms. The van der Waals surface area contributed by atoms with Gasteiger partial charge >= 0.3 is 12.2 Å². The number of alkyl carbamates (subject to hydrolysis) is 1. The van der Waals surface area contributed by atoms with Crippen molar-refractivity contribution in [2.24, 2.45) is 0 Å². The highest BCUT2D eigenvalue weighted by Crippen LogP contribution is 2.37. The summed E-state index contributed by atoms with van der Waals surface area (Å²) in [6, 6.07) is 28.9. The molecule has 0 bridgehead atoms. The van der Waals surface area contributed by atoms with Crippen LogP contribution in [0.15, 0.2) is 120 Å². The number of amides is 4. The Kier molecular flexibility index (Phi) is 10.9. The topological polar surface area (TPSA) is 212 Å². The van der Waals surface area contributed by atoms with Crippen molar-refractivity contribution in [2.75, 3.05) is 20.2 Å². The number of methoxy groups -OCH3 is 1. The van der Waals surface area contributed by atoms with Gasteiger partial charge in [0, 0.05) is 24.2 Å². The molecule has 16 heteroatoms. The van der Waals surface area contributed by atoms with Gasteiger partial charge in [-0.1, -0.05) is 72.8 Å². The second kappa shape index (κ2) is 17.1. The molecule has 0 saturated carbocycles. The van der Waals surface area contributed by atoms with E-state index >= 15 is 0 Å². The number of H-pyrrole nitrogens is 2. The summed E-state index contributed by atoms with van der Waals surface area (Å²) in [4.78, 5) is 76.0. The zero-order valence-electron chi connectivity index (χ0n) is 33.7. The number of imidazole rings is 2. The largest absolute Gasteiger partial charge is 0.465 e. The third kappa shape index (κ3) is 7.97. The number of rotatable bonds is 11. The summed E-state index contributed by atoms with van der Waals surface area (Å²) in [5.41, 5.74) is 6.56. The fourth-order valence-electron chi connectivity index (χ4n) is 8.44. The highest BCUT2D eigenvalue weighted by Gasteiger charge is 2.38. The maximum absolute atomic E-state index is 13.9. The van der Waals surface area contributed by atoms with E-state index in [4.69, 9.17) is 19.1 Å². The Bertz CT molecular complexity index is 2730. The Morgan fingerprint density at radius 3 is 1.77 bits per heavy atom. The highest BCUT2D eigenvalue weighted by molar-refractivity contribution is 5.88. The molecule has 314 valence electrons. The van der Waals surface area contributed by atoms with E-state index in [-0.39, 0.29) is 23.9 Å². The molecular formula is C46H43N9O7. The summed E-state index contributed by atoms with van der Waals surface area (Å²) < 4.78 is 11.0. The Hall–Kier alpha value is -7.75. The number of hydrogen-bond acceptors (Lipinski definition) is 9. The molecular weight excluding hydrogens is 791 g/mol. The first-order valence-electron chi connectivity index (χ1n) is 20.4. The molecule has 62 heavy (non-hydrogen) atoms. The zero-order valence-corrected chi connectivity index (χ0v) is 33.7. The van der Waals surface area contributed by atoms with Crippen molar-refractivity contribution in [3.8, 4) is 34.0 Å². The van der Waals surface area contributed by atoms with E-state index in [2.05, 4.69) is 25.6 Å². The predicted octanol–water partition coefficient (Wildman–Crippen LogP) is 7.71. The van der Waals surface area contributed by atoms with Crippen LogP contribution in [0.1, 0.15) is 72.6 Å². The third-order valence-electron chi connectivity index (χ3n) is 11.5. The van der Waals surface area contributed by atoms with Crippen molar-refractivity contribution in [3.05, 3.63) is 138 Å². The number of carbonyl (C=O) groups is 4. The number of oxazole rings is 1. The molecule has 2 aliphatic rings. The second-order valence-corrected chi connectivity index (χ2v) is 15.3. The van der Waals surface area contributed by atoms with Crippen molar-refractivity contribution >= 4 is 35.1 Å². The van der Waals surface area contributed by atoms with Gasteiger partial charge in [-0.05, 0) is 72.7 Å². The summed E-state index contributed by atoms with van der Waals surface area (Å²) in [7, 11) is 1.27. The lowest BCUT2D eigenvalue weighted by Gasteiger charge is -2.28. The number of nitrogens with one attached hydrogen (secondary N) is 4. The standard InChI is InChI=1S/C46H43N9O7/c1-61-46(60)53-39(29-12-6-3-7-13-29)44(57)55-23-9-15-36(55)41-48-26-34(50-41)31-20-21-37-32(24-31)51-42(62-37)30-18-16-27(17-19-30)33-25-47-40(49-33)35-14-8-22-54(35)43(56)38(52-45(58)59)28-10-4-2-5-11-28/h2-7,10-13,16-21,24-26,35-36,38-39,52H,8-9,14-15,22-23H2,1H3,(H,47,49)(H,48,50)(H,53,60)(H,58,59)/t35-,36-,38+,39+/m0/s1. The van der Waals surface area contributed by atoms with Gasteiger partial charge in [0.05, 0.1) is 43.0 Å². The molecule has 3 aromatic heterocycles. The number of likely N-dealkylation sites (tertiary alicyclic amines) is 2. The molecule has 2 saturated heterocycles. The fraction of sp³-hybridized carbons (Fsp3) is 0.239. The van der Waals surface area contributed by atoms with Crippen LogP contribution >= 0.6 is 0 Å². The van der Waals surface area contributed by atoms with Gasteiger partial charge < -0.3 is 44.7 Å². The van der Waals surface area contributed by atoms with Crippen molar-refractivity contribution < 1.29 is 33.4 Å². The van der Waals surface area contributed by atoms with Crippen LogP contribution in [0.3, 0.4) is 0 Å². The normalized spacial score (nSPS) is 17.2. The molecule has 9 rings (SSSR count). The molecule has 2 fully saturated rings. The van der Waals surface area contributed by atoms with Gasteiger partial charge in [-0.15, -0.1) is 0 Å². The van der Waals surface area contributed by atoms with E-state index in [9.17, 15) is 24.3 Å².